The highest BCUT2D eigenvalue weighted by molar-refractivity contribution is 7.95. The SMILES string of the molecule is Cc1nc(C(=O)N2c3cccc(O)c3NC3=C(C2c2ccc(OCc4cccc(C(F)(F)F)c4)cc2F)S(=O)(=O)CC(C)(C)C3)c(C)o1. The molecule has 1 aromatic heterocycles. The number of para-hydroxylation sites is 1. The van der Waals surface area contributed by atoms with Gasteiger partial charge in [0.15, 0.2) is 21.4 Å². The van der Waals surface area contributed by atoms with Crippen LogP contribution < -0.4 is 15.0 Å². The van der Waals surface area contributed by atoms with Gasteiger partial charge in [-0.2, -0.15) is 13.2 Å². The van der Waals surface area contributed by atoms with Gasteiger partial charge < -0.3 is 19.6 Å². The number of aromatic hydroxyl groups is 1. The van der Waals surface area contributed by atoms with E-state index in [0.717, 1.165) is 23.1 Å². The zero-order chi connectivity index (χ0) is 34.8. The summed E-state index contributed by atoms with van der Waals surface area (Å²) in [4.78, 5) is 19.5. The maximum absolute atomic E-state index is 16.4. The van der Waals surface area contributed by atoms with Gasteiger partial charge in [0, 0.05) is 24.3 Å². The standard InChI is InChI=1S/C34H31F4N3O6S/c1-18-28(39-19(2)47-18)32(43)41-26-9-6-10-27(42)29(26)40-25-15-33(3,4)17-48(44,45)31(25)30(41)23-12-11-22(14-24(23)35)46-16-20-7-5-8-21(13-20)34(36,37)38/h5-14,30,40,42H,15-17H2,1-4H3. The Labute approximate surface area is 273 Å². The molecule has 2 aliphatic heterocycles. The van der Waals surface area contributed by atoms with E-state index in [9.17, 15) is 31.5 Å². The third-order valence-corrected chi connectivity index (χ3v) is 10.5. The van der Waals surface area contributed by atoms with E-state index < -0.39 is 44.8 Å². The Balaban J connectivity index is 1.51. The third kappa shape index (κ3) is 6.12. The van der Waals surface area contributed by atoms with Crippen LogP contribution in [0.4, 0.5) is 28.9 Å². The lowest BCUT2D eigenvalue weighted by molar-refractivity contribution is -0.137. The number of nitrogens with zero attached hydrogens (tertiary/aromatic N) is 2. The topological polar surface area (TPSA) is 122 Å². The Kier molecular flexibility index (Phi) is 8.05. The Hall–Kier alpha value is -4.85. The number of aromatic nitrogens is 1. The van der Waals surface area contributed by atoms with Gasteiger partial charge >= 0.3 is 6.18 Å². The monoisotopic (exact) mass is 685 g/mol. The van der Waals surface area contributed by atoms with Gasteiger partial charge in [-0.1, -0.05) is 32.0 Å². The fourth-order valence-electron chi connectivity index (χ4n) is 6.27. The molecule has 0 aliphatic carbocycles. The Morgan fingerprint density at radius 1 is 1.12 bits per heavy atom. The fraction of sp³-hybridized carbons (Fsp3) is 0.294. The van der Waals surface area contributed by atoms with Gasteiger partial charge in [-0.25, -0.2) is 17.8 Å². The smallest absolute Gasteiger partial charge is 0.416 e. The predicted molar refractivity (Wildman–Crippen MR) is 169 cm³/mol. The van der Waals surface area contributed by atoms with Crippen molar-refractivity contribution in [2.45, 2.75) is 52.9 Å². The molecule has 1 amide bonds. The highest BCUT2D eigenvalue weighted by Gasteiger charge is 2.48. The molecule has 0 radical (unpaired) electrons. The van der Waals surface area contributed by atoms with Crippen LogP contribution in [0.5, 0.6) is 11.5 Å². The largest absolute Gasteiger partial charge is 0.506 e. The van der Waals surface area contributed by atoms with E-state index >= 15 is 4.39 Å². The van der Waals surface area contributed by atoms with Crippen molar-refractivity contribution < 1.29 is 45.0 Å². The van der Waals surface area contributed by atoms with Crippen molar-refractivity contribution in [1.82, 2.24) is 4.98 Å². The van der Waals surface area contributed by atoms with Gasteiger partial charge in [-0.15, -0.1) is 0 Å². The summed E-state index contributed by atoms with van der Waals surface area (Å²) in [5.41, 5.74) is -1.45. The average Bonchev–Trinajstić information content (AvgIpc) is 3.24. The second kappa shape index (κ2) is 11.7. The average molecular weight is 686 g/mol. The van der Waals surface area contributed by atoms with Crippen molar-refractivity contribution in [1.29, 1.82) is 0 Å². The highest BCUT2D eigenvalue weighted by atomic mass is 32.2. The number of carbonyl (C=O) groups excluding carboxylic acids is 1. The normalized spacial score (nSPS) is 18.4. The molecule has 1 unspecified atom stereocenters. The highest BCUT2D eigenvalue weighted by Crippen LogP contribution is 2.52. The minimum atomic E-state index is -4.55. The van der Waals surface area contributed by atoms with Crippen LogP contribution in [0.15, 0.2) is 75.7 Å². The second-order valence-corrected chi connectivity index (χ2v) is 14.6. The zero-order valence-electron chi connectivity index (χ0n) is 26.3. The van der Waals surface area contributed by atoms with Crippen molar-refractivity contribution in [2.24, 2.45) is 5.41 Å². The number of phenolic OH excluding ortho intramolecular Hbond substituents is 1. The summed E-state index contributed by atoms with van der Waals surface area (Å²) in [7, 11) is -4.18. The van der Waals surface area contributed by atoms with Crippen molar-refractivity contribution >= 4 is 27.1 Å². The summed E-state index contributed by atoms with van der Waals surface area (Å²) in [6, 6.07) is 10.9. The Morgan fingerprint density at radius 2 is 1.85 bits per heavy atom. The van der Waals surface area contributed by atoms with Crippen LogP contribution in [0.3, 0.4) is 0 Å². The fourth-order valence-corrected chi connectivity index (χ4v) is 8.63. The lowest BCUT2D eigenvalue weighted by Gasteiger charge is -2.37. The predicted octanol–water partition coefficient (Wildman–Crippen LogP) is 7.60. The minimum absolute atomic E-state index is 0.0406. The van der Waals surface area contributed by atoms with Gasteiger partial charge in [0.25, 0.3) is 5.91 Å². The molecule has 0 saturated carbocycles. The number of nitrogens with one attached hydrogen (secondary N) is 1. The molecule has 0 fully saturated rings. The molecule has 9 nitrogen and oxygen atoms in total. The van der Waals surface area contributed by atoms with Crippen LogP contribution >= 0.6 is 0 Å². The van der Waals surface area contributed by atoms with E-state index in [1.54, 1.807) is 13.8 Å². The van der Waals surface area contributed by atoms with Crippen LogP contribution in [0.25, 0.3) is 0 Å². The van der Waals surface area contributed by atoms with Gasteiger partial charge in [-0.05, 0) is 60.7 Å². The first kappa shape index (κ1) is 33.1. The van der Waals surface area contributed by atoms with Crippen molar-refractivity contribution in [2.75, 3.05) is 16.0 Å². The number of sulfone groups is 1. The molecule has 0 spiro atoms. The maximum atomic E-state index is 16.4. The molecular formula is C34H31F4N3O6S. The van der Waals surface area contributed by atoms with Crippen molar-refractivity contribution in [3.05, 3.63) is 111 Å². The number of fused-ring (bicyclic) bond motifs is 1. The molecule has 4 aromatic rings. The van der Waals surface area contributed by atoms with E-state index in [1.165, 1.54) is 56.3 Å². The number of phenols is 1. The molecule has 3 heterocycles. The first-order valence-corrected chi connectivity index (χ1v) is 16.5. The van der Waals surface area contributed by atoms with Crippen molar-refractivity contribution in [3.8, 4) is 11.5 Å². The number of rotatable bonds is 5. The van der Waals surface area contributed by atoms with Crippen molar-refractivity contribution in [3.63, 3.8) is 0 Å². The molecule has 2 N–H and O–H groups in total. The number of oxazole rings is 1. The Bertz CT molecular complexity index is 2090. The molecule has 1 atom stereocenters. The van der Waals surface area contributed by atoms with Gasteiger partial charge in [0.2, 0.25) is 0 Å². The molecule has 14 heteroatoms. The van der Waals surface area contributed by atoms with Crippen LogP contribution in [0.2, 0.25) is 0 Å². The zero-order valence-corrected chi connectivity index (χ0v) is 27.1. The van der Waals surface area contributed by atoms with Crippen LogP contribution in [0.1, 0.15) is 65.1 Å². The molecule has 252 valence electrons. The number of hydrogen-bond donors (Lipinski definition) is 2. The molecule has 0 saturated heterocycles. The lowest BCUT2D eigenvalue weighted by Crippen LogP contribution is -2.41. The number of anilines is 2. The van der Waals surface area contributed by atoms with Crippen LogP contribution in [-0.4, -0.2) is 30.2 Å². The third-order valence-electron chi connectivity index (χ3n) is 8.18. The number of ether oxygens (including phenoxy) is 1. The summed E-state index contributed by atoms with van der Waals surface area (Å²) >= 11 is 0. The van der Waals surface area contributed by atoms with E-state index in [-0.39, 0.29) is 80.7 Å². The van der Waals surface area contributed by atoms with Crippen LogP contribution in [-0.2, 0) is 22.6 Å². The first-order valence-electron chi connectivity index (χ1n) is 14.9. The molecule has 2 aliphatic rings. The summed E-state index contributed by atoms with van der Waals surface area (Å²) < 4.78 is 95.4. The number of alkyl halides is 3. The first-order chi connectivity index (χ1) is 22.4. The minimum Gasteiger partial charge on any atom is -0.506 e. The van der Waals surface area contributed by atoms with Gasteiger partial charge in [0.05, 0.1) is 21.9 Å². The molecule has 3 aromatic carbocycles. The van der Waals surface area contributed by atoms with E-state index in [4.69, 9.17) is 9.15 Å². The Morgan fingerprint density at radius 3 is 2.52 bits per heavy atom. The molecule has 0 bridgehead atoms. The summed E-state index contributed by atoms with van der Waals surface area (Å²) in [6.07, 6.45) is -4.36. The number of halogens is 4. The summed E-state index contributed by atoms with van der Waals surface area (Å²) in [6.45, 7) is 6.28. The molecular weight excluding hydrogens is 654 g/mol. The van der Waals surface area contributed by atoms with Gasteiger partial charge in [-0.3, -0.25) is 9.69 Å². The van der Waals surface area contributed by atoms with E-state index in [2.05, 4.69) is 10.3 Å². The summed E-state index contributed by atoms with van der Waals surface area (Å²) in [5.74, 6) is -2.04. The quantitative estimate of drug-likeness (QED) is 0.163. The molecule has 6 rings (SSSR count). The van der Waals surface area contributed by atoms with Gasteiger partial charge in [0.1, 0.15) is 41.4 Å². The number of hydrogen-bond acceptors (Lipinski definition) is 8. The van der Waals surface area contributed by atoms with E-state index in [0.29, 0.717) is 0 Å². The number of carbonyl (C=O) groups is 1. The van der Waals surface area contributed by atoms with E-state index in [1.807, 2.05) is 0 Å². The van der Waals surface area contributed by atoms with Crippen LogP contribution in [0, 0.1) is 25.1 Å². The second-order valence-electron chi connectivity index (χ2n) is 12.6. The lowest BCUT2D eigenvalue weighted by atomic mass is 9.88. The maximum Gasteiger partial charge on any atom is 0.416 e. The molecule has 48 heavy (non-hydrogen) atoms. The summed E-state index contributed by atoms with van der Waals surface area (Å²) in [5, 5.41) is 14.0. The number of benzene rings is 3. The number of amides is 1. The number of aryl methyl sites for hydroxylation is 2. The number of allylic oxidation sites excluding steroid dienone is 1.